The molecule has 1 rings (SSSR count). The molecule has 1 aliphatic rings. The van der Waals surface area contributed by atoms with Gasteiger partial charge in [-0.3, -0.25) is 19.4 Å². The highest BCUT2D eigenvalue weighted by atomic mass is 16.5. The lowest BCUT2D eigenvalue weighted by Crippen LogP contribution is -2.49. The monoisotopic (exact) mass is 314 g/mol. The Hall–Kier alpha value is -1.14. The molecule has 0 aromatic carbocycles. The molecule has 0 bridgehead atoms. The summed E-state index contributed by atoms with van der Waals surface area (Å²) in [6.07, 6.45) is 0. The van der Waals surface area contributed by atoms with Crippen LogP contribution in [0.15, 0.2) is 0 Å². The Labute approximate surface area is 133 Å². The fourth-order valence-electron chi connectivity index (χ4n) is 2.65. The highest BCUT2D eigenvalue weighted by Crippen LogP contribution is 2.10. The number of hydrogen-bond acceptors (Lipinski definition) is 6. The maximum Gasteiger partial charge on any atom is 0.309 e. The Morgan fingerprint density at radius 3 is 1.41 bits per heavy atom. The first kappa shape index (κ1) is 18.9. The summed E-state index contributed by atoms with van der Waals surface area (Å²) in [7, 11) is 0. The Morgan fingerprint density at radius 2 is 1.14 bits per heavy atom. The molecular weight excluding hydrogens is 284 g/mol. The molecule has 6 nitrogen and oxygen atoms in total. The van der Waals surface area contributed by atoms with E-state index in [0.29, 0.717) is 13.2 Å². The molecule has 0 saturated carbocycles. The van der Waals surface area contributed by atoms with Gasteiger partial charge in [0.05, 0.1) is 25.0 Å². The van der Waals surface area contributed by atoms with Crippen molar-refractivity contribution >= 4 is 11.9 Å². The first-order chi connectivity index (χ1) is 10.5. The Balaban J connectivity index is 2.28. The summed E-state index contributed by atoms with van der Waals surface area (Å²) in [4.78, 5) is 27.9. The Kier molecular flexibility index (Phi) is 8.42. The van der Waals surface area contributed by atoms with Crippen molar-refractivity contribution in [1.29, 1.82) is 0 Å². The minimum absolute atomic E-state index is 0.0926. The van der Waals surface area contributed by atoms with Crippen molar-refractivity contribution in [2.75, 3.05) is 52.5 Å². The molecule has 2 atom stereocenters. The van der Waals surface area contributed by atoms with Crippen LogP contribution in [-0.2, 0) is 19.1 Å². The Bertz CT molecular complexity index is 320. The highest BCUT2D eigenvalue weighted by molar-refractivity contribution is 5.72. The SMILES string of the molecule is CCOC(=O)C(C)CN1CCN(CC(C)C(=O)OCC)CC1. The van der Waals surface area contributed by atoms with Gasteiger partial charge in [-0.05, 0) is 13.8 Å². The topological polar surface area (TPSA) is 59.1 Å². The number of hydrogen-bond donors (Lipinski definition) is 0. The normalized spacial score (nSPS) is 19.5. The molecule has 2 unspecified atom stereocenters. The molecule has 1 saturated heterocycles. The predicted octanol–water partition coefficient (Wildman–Crippen LogP) is 1.00. The van der Waals surface area contributed by atoms with Crippen molar-refractivity contribution < 1.29 is 19.1 Å². The van der Waals surface area contributed by atoms with Crippen LogP contribution in [0.1, 0.15) is 27.7 Å². The molecule has 22 heavy (non-hydrogen) atoms. The largest absolute Gasteiger partial charge is 0.466 e. The molecule has 1 fully saturated rings. The summed E-state index contributed by atoms with van der Waals surface area (Å²) in [6.45, 7) is 13.5. The lowest BCUT2D eigenvalue weighted by molar-refractivity contribution is -0.149. The minimum atomic E-state index is -0.124. The molecule has 0 radical (unpaired) electrons. The quantitative estimate of drug-likeness (QED) is 0.623. The smallest absolute Gasteiger partial charge is 0.309 e. The average Bonchev–Trinajstić information content (AvgIpc) is 2.49. The van der Waals surface area contributed by atoms with E-state index in [0.717, 1.165) is 39.3 Å². The predicted molar refractivity (Wildman–Crippen MR) is 84.5 cm³/mol. The fraction of sp³-hybridized carbons (Fsp3) is 0.875. The second-order valence-electron chi connectivity index (χ2n) is 5.91. The van der Waals surface area contributed by atoms with Gasteiger partial charge in [0.15, 0.2) is 0 Å². The second kappa shape index (κ2) is 9.79. The fourth-order valence-corrected chi connectivity index (χ4v) is 2.65. The number of piperazine rings is 1. The van der Waals surface area contributed by atoms with Crippen molar-refractivity contribution in [3.05, 3.63) is 0 Å². The van der Waals surface area contributed by atoms with Gasteiger partial charge in [0.2, 0.25) is 0 Å². The van der Waals surface area contributed by atoms with Gasteiger partial charge in [0, 0.05) is 39.3 Å². The van der Waals surface area contributed by atoms with Crippen LogP contribution < -0.4 is 0 Å². The molecule has 0 aromatic rings. The lowest BCUT2D eigenvalue weighted by atomic mass is 10.1. The zero-order chi connectivity index (χ0) is 16.5. The van der Waals surface area contributed by atoms with Crippen molar-refractivity contribution in [1.82, 2.24) is 9.80 Å². The maximum absolute atomic E-state index is 11.7. The number of nitrogens with zero attached hydrogens (tertiary/aromatic N) is 2. The molecule has 0 aromatic heterocycles. The molecule has 0 aliphatic carbocycles. The molecule has 6 heteroatoms. The molecule has 0 spiro atoms. The van der Waals surface area contributed by atoms with Gasteiger partial charge in [-0.25, -0.2) is 0 Å². The minimum Gasteiger partial charge on any atom is -0.466 e. The molecule has 0 N–H and O–H groups in total. The van der Waals surface area contributed by atoms with Crippen molar-refractivity contribution in [2.24, 2.45) is 11.8 Å². The van der Waals surface area contributed by atoms with Gasteiger partial charge >= 0.3 is 11.9 Å². The van der Waals surface area contributed by atoms with Crippen molar-refractivity contribution in [3.8, 4) is 0 Å². The second-order valence-corrected chi connectivity index (χ2v) is 5.91. The number of esters is 2. The first-order valence-electron chi connectivity index (χ1n) is 8.25. The van der Waals surface area contributed by atoms with E-state index in [1.165, 1.54) is 0 Å². The van der Waals surface area contributed by atoms with E-state index in [4.69, 9.17) is 9.47 Å². The van der Waals surface area contributed by atoms with Crippen LogP contribution in [0.3, 0.4) is 0 Å². The first-order valence-corrected chi connectivity index (χ1v) is 8.25. The third kappa shape index (κ3) is 6.32. The number of rotatable bonds is 8. The van der Waals surface area contributed by atoms with Gasteiger partial charge in [-0.1, -0.05) is 13.8 Å². The highest BCUT2D eigenvalue weighted by Gasteiger charge is 2.24. The summed E-state index contributed by atoms with van der Waals surface area (Å²) >= 11 is 0. The lowest BCUT2D eigenvalue weighted by Gasteiger charge is -2.36. The van der Waals surface area contributed by atoms with Gasteiger partial charge in [0.1, 0.15) is 0 Å². The van der Waals surface area contributed by atoms with E-state index >= 15 is 0 Å². The van der Waals surface area contributed by atoms with E-state index in [2.05, 4.69) is 9.80 Å². The third-order valence-electron chi connectivity index (χ3n) is 3.91. The van der Waals surface area contributed by atoms with Crippen LogP contribution in [0.4, 0.5) is 0 Å². The molecular formula is C16H30N2O4. The summed E-state index contributed by atoms with van der Waals surface area (Å²) < 4.78 is 10.1. The van der Waals surface area contributed by atoms with Crippen molar-refractivity contribution in [3.63, 3.8) is 0 Å². The van der Waals surface area contributed by atoms with Crippen molar-refractivity contribution in [2.45, 2.75) is 27.7 Å². The van der Waals surface area contributed by atoms with Gasteiger partial charge < -0.3 is 9.47 Å². The van der Waals surface area contributed by atoms with Gasteiger partial charge in [0.25, 0.3) is 0 Å². The van der Waals surface area contributed by atoms with Gasteiger partial charge in [-0.2, -0.15) is 0 Å². The van der Waals surface area contributed by atoms with Crippen LogP contribution in [0.5, 0.6) is 0 Å². The number of carbonyl (C=O) groups excluding carboxylic acids is 2. The van der Waals surface area contributed by atoms with Crippen LogP contribution in [0.2, 0.25) is 0 Å². The molecule has 0 amide bonds. The van der Waals surface area contributed by atoms with E-state index in [1.807, 2.05) is 27.7 Å². The van der Waals surface area contributed by atoms with Gasteiger partial charge in [-0.15, -0.1) is 0 Å². The molecule has 128 valence electrons. The average molecular weight is 314 g/mol. The van der Waals surface area contributed by atoms with E-state index in [1.54, 1.807) is 0 Å². The Morgan fingerprint density at radius 1 is 0.818 bits per heavy atom. The van der Waals surface area contributed by atoms with E-state index < -0.39 is 0 Å². The summed E-state index contributed by atoms with van der Waals surface area (Å²) in [5, 5.41) is 0. The van der Waals surface area contributed by atoms with E-state index in [9.17, 15) is 9.59 Å². The van der Waals surface area contributed by atoms with Crippen LogP contribution >= 0.6 is 0 Å². The maximum atomic E-state index is 11.7. The zero-order valence-corrected chi connectivity index (χ0v) is 14.3. The van der Waals surface area contributed by atoms with E-state index in [-0.39, 0.29) is 23.8 Å². The molecule has 1 heterocycles. The molecule has 1 aliphatic heterocycles. The standard InChI is InChI=1S/C16H30N2O4/c1-5-21-15(19)13(3)11-17-7-9-18(10-8-17)12-14(4)16(20)22-6-2/h13-14H,5-12H2,1-4H3. The summed E-state index contributed by atoms with van der Waals surface area (Å²) in [5.74, 6) is -0.434. The number of carbonyl (C=O) groups is 2. The summed E-state index contributed by atoms with van der Waals surface area (Å²) in [5.41, 5.74) is 0. The third-order valence-corrected chi connectivity index (χ3v) is 3.91. The summed E-state index contributed by atoms with van der Waals surface area (Å²) in [6, 6.07) is 0. The van der Waals surface area contributed by atoms with Crippen LogP contribution in [0, 0.1) is 11.8 Å². The van der Waals surface area contributed by atoms with Crippen LogP contribution in [-0.4, -0.2) is 74.2 Å². The zero-order valence-electron chi connectivity index (χ0n) is 14.3. The van der Waals surface area contributed by atoms with Crippen LogP contribution in [0.25, 0.3) is 0 Å². The number of ether oxygens (including phenoxy) is 2.